The van der Waals surface area contributed by atoms with Gasteiger partial charge in [-0.3, -0.25) is 9.69 Å². The summed E-state index contributed by atoms with van der Waals surface area (Å²) in [5.41, 5.74) is 2.56. The zero-order chi connectivity index (χ0) is 12.5. The van der Waals surface area contributed by atoms with Crippen LogP contribution in [-0.4, -0.2) is 30.9 Å². The molecule has 0 unspecified atom stereocenters. The number of carbonyl (C=O) groups excluding carboxylic acids is 1. The van der Waals surface area contributed by atoms with Gasteiger partial charge in [-0.2, -0.15) is 0 Å². The number of nitrogens with one attached hydrogen (secondary N) is 1. The lowest BCUT2D eigenvalue weighted by Crippen LogP contribution is -2.32. The third-order valence-electron chi connectivity index (χ3n) is 2.92. The van der Waals surface area contributed by atoms with Crippen LogP contribution in [0.25, 0.3) is 0 Å². The van der Waals surface area contributed by atoms with E-state index in [0.717, 1.165) is 12.2 Å². The van der Waals surface area contributed by atoms with Crippen molar-refractivity contribution in [3.8, 4) is 0 Å². The molecule has 0 aliphatic carbocycles. The Kier molecular flexibility index (Phi) is 3.79. The predicted molar refractivity (Wildman–Crippen MR) is 67.0 cm³/mol. The molecule has 0 atom stereocenters. The molecule has 0 saturated heterocycles. The van der Waals surface area contributed by atoms with Crippen molar-refractivity contribution in [3.63, 3.8) is 0 Å². The number of likely N-dealkylation sites (N-methyl/N-ethyl adjacent to an activating group) is 1. The third kappa shape index (κ3) is 3.08. The van der Waals surface area contributed by atoms with Crippen molar-refractivity contribution in [1.29, 1.82) is 0 Å². The van der Waals surface area contributed by atoms with E-state index < -0.39 is 0 Å². The number of carbonyl (C=O) groups is 1. The van der Waals surface area contributed by atoms with Gasteiger partial charge in [0, 0.05) is 12.2 Å². The topological polar surface area (TPSA) is 32.3 Å². The first-order valence-electron chi connectivity index (χ1n) is 5.93. The zero-order valence-electron chi connectivity index (χ0n) is 11.3. The quantitative estimate of drug-likeness (QED) is 0.739. The van der Waals surface area contributed by atoms with Crippen molar-refractivity contribution in [3.05, 3.63) is 11.3 Å². The van der Waals surface area contributed by atoms with Crippen molar-refractivity contribution in [2.24, 2.45) is 11.3 Å². The maximum Gasteiger partial charge on any atom is 0.238 e. The lowest BCUT2D eigenvalue weighted by Gasteiger charge is -2.28. The average molecular weight is 224 g/mol. The summed E-state index contributed by atoms with van der Waals surface area (Å²) < 4.78 is 0. The van der Waals surface area contributed by atoms with Gasteiger partial charge in [0.2, 0.25) is 5.91 Å². The molecule has 1 heterocycles. The molecule has 0 aromatic heterocycles. The minimum atomic E-state index is 0.102. The van der Waals surface area contributed by atoms with Crippen molar-refractivity contribution < 1.29 is 4.79 Å². The predicted octanol–water partition coefficient (Wildman–Crippen LogP) is 2.00. The summed E-state index contributed by atoms with van der Waals surface area (Å²) in [5, 5.41) is 3.06. The maximum absolute atomic E-state index is 11.7. The molecule has 0 bridgehead atoms. The van der Waals surface area contributed by atoms with Gasteiger partial charge in [-0.1, -0.05) is 34.6 Å². The summed E-state index contributed by atoms with van der Waals surface area (Å²) in [6, 6.07) is 0. The average Bonchev–Trinajstić information content (AvgIpc) is 2.22. The van der Waals surface area contributed by atoms with E-state index >= 15 is 0 Å². The molecule has 1 aliphatic heterocycles. The largest absolute Gasteiger partial charge is 0.328 e. The molecule has 0 saturated carbocycles. The molecule has 0 radical (unpaired) electrons. The van der Waals surface area contributed by atoms with Gasteiger partial charge in [-0.15, -0.1) is 0 Å². The molecule has 0 aromatic carbocycles. The van der Waals surface area contributed by atoms with Crippen LogP contribution in [0.3, 0.4) is 0 Å². The highest BCUT2D eigenvalue weighted by atomic mass is 16.2. The van der Waals surface area contributed by atoms with Crippen LogP contribution in [0.4, 0.5) is 0 Å². The number of amides is 1. The lowest BCUT2D eigenvalue weighted by atomic mass is 9.82. The van der Waals surface area contributed by atoms with Crippen molar-refractivity contribution >= 4 is 5.91 Å². The zero-order valence-corrected chi connectivity index (χ0v) is 11.3. The standard InChI is InChI=1S/C13H24N2O/c1-9(2)12-10(13(3,4)5)7-15(6)8-11(16)14-12/h9H,7-8H2,1-6H3,(H,14,16). The molecule has 0 spiro atoms. The molecule has 0 fully saturated rings. The Morgan fingerprint density at radius 2 is 1.81 bits per heavy atom. The van der Waals surface area contributed by atoms with Crippen LogP contribution in [0.5, 0.6) is 0 Å². The van der Waals surface area contributed by atoms with Gasteiger partial charge >= 0.3 is 0 Å². The Balaban J connectivity index is 3.17. The molecular formula is C13H24N2O. The Labute approximate surface area is 98.9 Å². The molecule has 3 nitrogen and oxygen atoms in total. The highest BCUT2D eigenvalue weighted by molar-refractivity contribution is 5.80. The van der Waals surface area contributed by atoms with Crippen LogP contribution < -0.4 is 5.32 Å². The van der Waals surface area contributed by atoms with Gasteiger partial charge in [0.1, 0.15) is 0 Å². The summed E-state index contributed by atoms with van der Waals surface area (Å²) >= 11 is 0. The van der Waals surface area contributed by atoms with E-state index in [0.29, 0.717) is 12.5 Å². The van der Waals surface area contributed by atoms with Crippen LogP contribution in [0.1, 0.15) is 34.6 Å². The number of allylic oxidation sites excluding steroid dienone is 1. The smallest absolute Gasteiger partial charge is 0.238 e. The van der Waals surface area contributed by atoms with Crippen molar-refractivity contribution in [1.82, 2.24) is 10.2 Å². The Hall–Kier alpha value is -0.830. The first kappa shape index (κ1) is 13.2. The van der Waals surface area contributed by atoms with E-state index in [2.05, 4.69) is 44.8 Å². The van der Waals surface area contributed by atoms with Crippen LogP contribution in [0.2, 0.25) is 0 Å². The van der Waals surface area contributed by atoms with Gasteiger partial charge in [-0.05, 0) is 24.0 Å². The Bertz CT molecular complexity index is 310. The molecule has 1 N–H and O–H groups in total. The molecular weight excluding hydrogens is 200 g/mol. The fourth-order valence-electron chi connectivity index (χ4n) is 2.06. The highest BCUT2D eigenvalue weighted by Gasteiger charge is 2.28. The van der Waals surface area contributed by atoms with Gasteiger partial charge in [0.05, 0.1) is 6.54 Å². The number of hydrogen-bond acceptors (Lipinski definition) is 2. The third-order valence-corrected chi connectivity index (χ3v) is 2.92. The molecule has 16 heavy (non-hydrogen) atoms. The van der Waals surface area contributed by atoms with Crippen LogP contribution in [0.15, 0.2) is 11.3 Å². The number of hydrogen-bond donors (Lipinski definition) is 1. The first-order valence-corrected chi connectivity index (χ1v) is 5.93. The van der Waals surface area contributed by atoms with E-state index in [1.807, 2.05) is 7.05 Å². The monoisotopic (exact) mass is 224 g/mol. The number of rotatable bonds is 1. The number of nitrogens with zero attached hydrogens (tertiary/aromatic N) is 1. The Morgan fingerprint density at radius 1 is 1.25 bits per heavy atom. The molecule has 1 aliphatic rings. The summed E-state index contributed by atoms with van der Waals surface area (Å²) in [5.74, 6) is 0.468. The second kappa shape index (κ2) is 4.58. The SMILES string of the molecule is CC(C)C1=C(C(C)(C)C)CN(C)CC(=O)N1. The minimum absolute atomic E-state index is 0.102. The van der Waals surface area contributed by atoms with E-state index in [9.17, 15) is 4.79 Å². The summed E-state index contributed by atoms with van der Waals surface area (Å²) in [4.78, 5) is 13.8. The van der Waals surface area contributed by atoms with Crippen LogP contribution in [-0.2, 0) is 4.79 Å². The summed E-state index contributed by atoms with van der Waals surface area (Å²) in [7, 11) is 1.99. The lowest BCUT2D eigenvalue weighted by molar-refractivity contribution is -0.121. The summed E-state index contributed by atoms with van der Waals surface area (Å²) in [6.07, 6.45) is 0. The normalized spacial score (nSPS) is 20.1. The summed E-state index contributed by atoms with van der Waals surface area (Å²) in [6.45, 7) is 12.2. The molecule has 1 amide bonds. The second-order valence-electron chi connectivity index (χ2n) is 6.02. The van der Waals surface area contributed by atoms with Crippen molar-refractivity contribution in [2.45, 2.75) is 34.6 Å². The van der Waals surface area contributed by atoms with E-state index in [1.165, 1.54) is 5.57 Å². The van der Waals surface area contributed by atoms with Gasteiger partial charge < -0.3 is 5.32 Å². The van der Waals surface area contributed by atoms with Crippen molar-refractivity contribution in [2.75, 3.05) is 20.1 Å². The minimum Gasteiger partial charge on any atom is -0.328 e. The van der Waals surface area contributed by atoms with Gasteiger partial charge in [-0.25, -0.2) is 0 Å². The van der Waals surface area contributed by atoms with Crippen LogP contribution in [0, 0.1) is 11.3 Å². The second-order valence-corrected chi connectivity index (χ2v) is 6.02. The molecule has 1 rings (SSSR count). The van der Waals surface area contributed by atoms with Gasteiger partial charge in [0.25, 0.3) is 0 Å². The fraction of sp³-hybridized carbons (Fsp3) is 0.769. The van der Waals surface area contributed by atoms with Gasteiger partial charge in [0.15, 0.2) is 0 Å². The van der Waals surface area contributed by atoms with E-state index in [4.69, 9.17) is 0 Å². The molecule has 92 valence electrons. The fourth-order valence-corrected chi connectivity index (χ4v) is 2.06. The van der Waals surface area contributed by atoms with Crippen LogP contribution >= 0.6 is 0 Å². The Morgan fingerprint density at radius 3 is 2.25 bits per heavy atom. The highest BCUT2D eigenvalue weighted by Crippen LogP contribution is 2.31. The van der Waals surface area contributed by atoms with E-state index in [-0.39, 0.29) is 11.3 Å². The maximum atomic E-state index is 11.7. The first-order chi connectivity index (χ1) is 7.21. The van der Waals surface area contributed by atoms with E-state index in [1.54, 1.807) is 0 Å². The molecule has 0 aromatic rings. The molecule has 3 heteroatoms.